The van der Waals surface area contributed by atoms with Crippen molar-refractivity contribution in [2.75, 3.05) is 13.1 Å². The van der Waals surface area contributed by atoms with Crippen LogP contribution in [0.3, 0.4) is 0 Å². The van der Waals surface area contributed by atoms with Crippen molar-refractivity contribution >= 4 is 17.7 Å². The molecular formula is C13H18ClN3O3. The van der Waals surface area contributed by atoms with Gasteiger partial charge in [-0.1, -0.05) is 11.6 Å². The molecule has 1 saturated heterocycles. The Morgan fingerprint density at radius 3 is 2.85 bits per heavy atom. The number of hydrogen-bond donors (Lipinski definition) is 0. The lowest BCUT2D eigenvalue weighted by atomic mass is 10.2. The smallest absolute Gasteiger partial charge is 0.410 e. The van der Waals surface area contributed by atoms with Crippen LogP contribution in [0.15, 0.2) is 12.4 Å². The molecule has 0 aromatic carbocycles. The zero-order valence-electron chi connectivity index (χ0n) is 11.8. The van der Waals surface area contributed by atoms with Gasteiger partial charge in [0, 0.05) is 13.0 Å². The molecule has 0 spiro atoms. The number of amides is 1. The molecule has 7 heteroatoms. The Labute approximate surface area is 123 Å². The fourth-order valence-corrected chi connectivity index (χ4v) is 2.01. The molecule has 1 fully saturated rings. The van der Waals surface area contributed by atoms with Gasteiger partial charge in [-0.2, -0.15) is 4.98 Å². The highest BCUT2D eigenvalue weighted by molar-refractivity contribution is 6.29. The Kier molecular flexibility index (Phi) is 4.32. The molecule has 2 rings (SSSR count). The van der Waals surface area contributed by atoms with E-state index in [-0.39, 0.29) is 17.4 Å². The van der Waals surface area contributed by atoms with E-state index in [9.17, 15) is 4.79 Å². The van der Waals surface area contributed by atoms with Crippen molar-refractivity contribution < 1.29 is 14.3 Å². The standard InChI is InChI=1S/C13H18ClN3O3/c1-13(2,3)20-12(18)17-5-4-9(8-17)19-11-7-15-6-10(14)16-11/h6-7,9H,4-5,8H2,1-3H3. The van der Waals surface area contributed by atoms with Gasteiger partial charge >= 0.3 is 6.09 Å². The van der Waals surface area contributed by atoms with E-state index in [0.29, 0.717) is 19.0 Å². The second-order valence-corrected chi connectivity index (χ2v) is 6.02. The first kappa shape index (κ1) is 14.8. The van der Waals surface area contributed by atoms with E-state index in [1.54, 1.807) is 4.90 Å². The maximum Gasteiger partial charge on any atom is 0.410 e. The van der Waals surface area contributed by atoms with Gasteiger partial charge in [-0.25, -0.2) is 4.79 Å². The van der Waals surface area contributed by atoms with Crippen molar-refractivity contribution in [1.29, 1.82) is 0 Å². The molecule has 1 aromatic heterocycles. The van der Waals surface area contributed by atoms with E-state index in [2.05, 4.69) is 9.97 Å². The molecular weight excluding hydrogens is 282 g/mol. The molecule has 1 aliphatic heterocycles. The summed E-state index contributed by atoms with van der Waals surface area (Å²) >= 11 is 5.74. The van der Waals surface area contributed by atoms with Crippen molar-refractivity contribution in [3.05, 3.63) is 17.5 Å². The Hall–Kier alpha value is -1.56. The van der Waals surface area contributed by atoms with Crippen LogP contribution in [0, 0.1) is 0 Å². The highest BCUT2D eigenvalue weighted by Crippen LogP contribution is 2.19. The summed E-state index contributed by atoms with van der Waals surface area (Å²) < 4.78 is 11.0. The Morgan fingerprint density at radius 2 is 2.20 bits per heavy atom. The minimum atomic E-state index is -0.492. The molecule has 1 aliphatic rings. The molecule has 110 valence electrons. The monoisotopic (exact) mass is 299 g/mol. The molecule has 0 saturated carbocycles. The fraction of sp³-hybridized carbons (Fsp3) is 0.615. The second kappa shape index (κ2) is 5.83. The third-order valence-corrected chi connectivity index (χ3v) is 2.85. The minimum Gasteiger partial charge on any atom is -0.471 e. The zero-order chi connectivity index (χ0) is 14.8. The Morgan fingerprint density at radius 1 is 1.45 bits per heavy atom. The van der Waals surface area contributed by atoms with Crippen molar-refractivity contribution in [2.45, 2.75) is 38.9 Å². The summed E-state index contributed by atoms with van der Waals surface area (Å²) in [7, 11) is 0. The van der Waals surface area contributed by atoms with Gasteiger partial charge in [-0.3, -0.25) is 4.98 Å². The van der Waals surface area contributed by atoms with Crippen LogP contribution in [0.1, 0.15) is 27.2 Å². The van der Waals surface area contributed by atoms with Crippen LogP contribution in [0.25, 0.3) is 0 Å². The van der Waals surface area contributed by atoms with Crippen molar-refractivity contribution in [2.24, 2.45) is 0 Å². The SMILES string of the molecule is CC(C)(C)OC(=O)N1CCC(Oc2cncc(Cl)n2)C1. The number of aromatic nitrogens is 2. The van der Waals surface area contributed by atoms with Crippen LogP contribution in [0.5, 0.6) is 5.88 Å². The van der Waals surface area contributed by atoms with Crippen LogP contribution in [0.2, 0.25) is 5.15 Å². The third kappa shape index (κ3) is 4.23. The predicted molar refractivity (Wildman–Crippen MR) is 73.9 cm³/mol. The van der Waals surface area contributed by atoms with Crippen LogP contribution in [0.4, 0.5) is 4.79 Å². The second-order valence-electron chi connectivity index (χ2n) is 5.63. The molecule has 0 radical (unpaired) electrons. The average Bonchev–Trinajstić information content (AvgIpc) is 2.75. The topological polar surface area (TPSA) is 64.5 Å². The van der Waals surface area contributed by atoms with E-state index in [1.807, 2.05) is 20.8 Å². The summed E-state index contributed by atoms with van der Waals surface area (Å²) in [5.41, 5.74) is -0.492. The normalized spacial score (nSPS) is 19.0. The largest absolute Gasteiger partial charge is 0.471 e. The minimum absolute atomic E-state index is 0.115. The quantitative estimate of drug-likeness (QED) is 0.839. The van der Waals surface area contributed by atoms with Gasteiger partial charge in [-0.05, 0) is 20.8 Å². The van der Waals surface area contributed by atoms with Gasteiger partial charge in [0.15, 0.2) is 5.15 Å². The van der Waals surface area contributed by atoms with E-state index in [0.717, 1.165) is 6.42 Å². The molecule has 2 heterocycles. The summed E-state index contributed by atoms with van der Waals surface area (Å²) in [4.78, 5) is 21.5. The lowest BCUT2D eigenvalue weighted by Gasteiger charge is -2.24. The highest BCUT2D eigenvalue weighted by Gasteiger charge is 2.31. The lowest BCUT2D eigenvalue weighted by molar-refractivity contribution is 0.0275. The first-order chi connectivity index (χ1) is 9.33. The average molecular weight is 300 g/mol. The van der Waals surface area contributed by atoms with E-state index < -0.39 is 5.60 Å². The van der Waals surface area contributed by atoms with Gasteiger partial charge in [-0.15, -0.1) is 0 Å². The van der Waals surface area contributed by atoms with Crippen LogP contribution < -0.4 is 4.74 Å². The fourth-order valence-electron chi connectivity index (χ4n) is 1.87. The molecule has 1 amide bonds. The van der Waals surface area contributed by atoms with E-state index >= 15 is 0 Å². The van der Waals surface area contributed by atoms with Crippen LogP contribution in [-0.2, 0) is 4.74 Å². The van der Waals surface area contributed by atoms with Crippen molar-refractivity contribution in [1.82, 2.24) is 14.9 Å². The molecule has 0 bridgehead atoms. The van der Waals surface area contributed by atoms with Crippen molar-refractivity contribution in [3.8, 4) is 5.88 Å². The number of likely N-dealkylation sites (tertiary alicyclic amines) is 1. The number of ether oxygens (including phenoxy) is 2. The first-order valence-corrected chi connectivity index (χ1v) is 6.83. The number of nitrogens with zero attached hydrogens (tertiary/aromatic N) is 3. The van der Waals surface area contributed by atoms with Crippen LogP contribution in [-0.4, -0.2) is 45.8 Å². The van der Waals surface area contributed by atoms with Gasteiger partial charge < -0.3 is 14.4 Å². The lowest BCUT2D eigenvalue weighted by Crippen LogP contribution is -2.36. The van der Waals surface area contributed by atoms with E-state index in [1.165, 1.54) is 12.4 Å². The van der Waals surface area contributed by atoms with E-state index in [4.69, 9.17) is 21.1 Å². The molecule has 1 atom stereocenters. The van der Waals surface area contributed by atoms with Gasteiger partial charge in [0.25, 0.3) is 0 Å². The Bertz CT molecular complexity index is 490. The number of carbonyl (C=O) groups is 1. The molecule has 1 aromatic rings. The molecule has 20 heavy (non-hydrogen) atoms. The summed E-state index contributed by atoms with van der Waals surface area (Å²) in [5, 5.41) is 0.282. The molecule has 1 unspecified atom stereocenters. The maximum atomic E-state index is 11.9. The summed E-state index contributed by atoms with van der Waals surface area (Å²) in [6, 6.07) is 0. The first-order valence-electron chi connectivity index (χ1n) is 6.45. The predicted octanol–water partition coefficient (Wildman–Crippen LogP) is 2.52. The summed E-state index contributed by atoms with van der Waals surface area (Å²) in [5.74, 6) is 0.369. The molecule has 6 nitrogen and oxygen atoms in total. The summed E-state index contributed by atoms with van der Waals surface area (Å²) in [6.07, 6.45) is 3.24. The molecule has 0 N–H and O–H groups in total. The van der Waals surface area contributed by atoms with Gasteiger partial charge in [0.2, 0.25) is 5.88 Å². The van der Waals surface area contributed by atoms with Gasteiger partial charge in [0.1, 0.15) is 11.7 Å². The molecule has 0 aliphatic carbocycles. The highest BCUT2D eigenvalue weighted by atomic mass is 35.5. The van der Waals surface area contributed by atoms with Crippen molar-refractivity contribution in [3.63, 3.8) is 0 Å². The number of hydrogen-bond acceptors (Lipinski definition) is 5. The van der Waals surface area contributed by atoms with Crippen LogP contribution >= 0.6 is 11.6 Å². The maximum absolute atomic E-state index is 11.9. The summed E-state index contributed by atoms with van der Waals surface area (Å²) in [6.45, 7) is 6.61. The Balaban J connectivity index is 1.88. The third-order valence-electron chi connectivity index (χ3n) is 2.67. The zero-order valence-corrected chi connectivity index (χ0v) is 12.6. The number of halogens is 1. The number of rotatable bonds is 2. The number of carbonyl (C=O) groups excluding carboxylic acids is 1. The van der Waals surface area contributed by atoms with Gasteiger partial charge in [0.05, 0.1) is 18.9 Å².